The molecule has 0 saturated heterocycles. The largest absolute Gasteiger partial charge is 0.322 e. The first kappa shape index (κ1) is 25.2. The zero-order valence-corrected chi connectivity index (χ0v) is 20.1. The maximum absolute atomic E-state index is 13.4. The predicted octanol–water partition coefficient (Wildman–Crippen LogP) is 5.59. The summed E-state index contributed by atoms with van der Waals surface area (Å²) < 4.78 is 28.3. The molecule has 0 bridgehead atoms. The number of halogens is 3. The number of hydrogen-bond acceptors (Lipinski definition) is 3. The van der Waals surface area contributed by atoms with Crippen molar-refractivity contribution in [3.8, 4) is 5.69 Å². The van der Waals surface area contributed by atoms with Gasteiger partial charge in [0.1, 0.15) is 24.0 Å². The molecular formula is C24H26ClF2N5O2. The van der Waals surface area contributed by atoms with Crippen molar-refractivity contribution < 1.29 is 18.4 Å². The number of nitrogens with zero attached hydrogens (tertiary/aromatic N) is 3. The Hall–Kier alpha value is -3.46. The molecule has 3 rings (SSSR count). The first-order chi connectivity index (χ1) is 16.0. The highest BCUT2D eigenvalue weighted by atomic mass is 35.5. The molecule has 2 aromatic carbocycles. The Kier molecular flexibility index (Phi) is 7.56. The van der Waals surface area contributed by atoms with E-state index in [1.165, 1.54) is 33.8 Å². The smallest absolute Gasteiger partial charge is 0.315 e. The van der Waals surface area contributed by atoms with E-state index >= 15 is 0 Å². The SMILES string of the molecule is CCN(CC(=O)Nc1cc(C(C)(C)C)nn1-c1ccc(F)cc1)C(=O)Nc1ccc(F)c(Cl)c1. The highest BCUT2D eigenvalue weighted by Gasteiger charge is 2.23. The van der Waals surface area contributed by atoms with Crippen molar-refractivity contribution in [3.05, 3.63) is 70.9 Å². The summed E-state index contributed by atoms with van der Waals surface area (Å²) in [6.45, 7) is 7.70. The molecular weight excluding hydrogens is 464 g/mol. The molecule has 2 N–H and O–H groups in total. The molecule has 0 aliphatic heterocycles. The van der Waals surface area contributed by atoms with Gasteiger partial charge < -0.3 is 15.5 Å². The van der Waals surface area contributed by atoms with Crippen LogP contribution in [0.2, 0.25) is 5.02 Å². The van der Waals surface area contributed by atoms with Crippen LogP contribution in [-0.2, 0) is 10.2 Å². The summed E-state index contributed by atoms with van der Waals surface area (Å²) in [4.78, 5) is 26.7. The van der Waals surface area contributed by atoms with E-state index in [9.17, 15) is 18.4 Å². The maximum Gasteiger partial charge on any atom is 0.322 e. The van der Waals surface area contributed by atoms with Gasteiger partial charge in [-0.15, -0.1) is 0 Å². The molecule has 0 aliphatic carbocycles. The third-order valence-electron chi connectivity index (χ3n) is 4.99. The molecule has 7 nitrogen and oxygen atoms in total. The zero-order chi connectivity index (χ0) is 25.0. The average Bonchev–Trinajstić information content (AvgIpc) is 3.19. The lowest BCUT2D eigenvalue weighted by Gasteiger charge is -2.21. The molecule has 0 unspecified atom stereocenters. The van der Waals surface area contributed by atoms with Crippen molar-refractivity contribution in [2.24, 2.45) is 0 Å². The van der Waals surface area contributed by atoms with E-state index in [0.29, 0.717) is 17.2 Å². The summed E-state index contributed by atoms with van der Waals surface area (Å²) in [5.74, 6) is -1.04. The standard InChI is InChI=1S/C24H26ClF2N5O2/c1-5-31(23(34)28-16-8-11-19(27)18(25)12-16)14-22(33)29-21-13-20(24(2,3)4)30-32(21)17-9-6-15(26)7-10-17/h6-13H,5,14H2,1-4H3,(H,28,34)(H,29,33). The van der Waals surface area contributed by atoms with Gasteiger partial charge in [-0.1, -0.05) is 32.4 Å². The molecule has 10 heteroatoms. The Morgan fingerprint density at radius 1 is 1.06 bits per heavy atom. The number of aromatic nitrogens is 2. The van der Waals surface area contributed by atoms with Gasteiger partial charge in [-0.05, 0) is 49.4 Å². The Labute approximate surface area is 201 Å². The lowest BCUT2D eigenvalue weighted by atomic mass is 9.92. The fraction of sp³-hybridized carbons (Fsp3) is 0.292. The third kappa shape index (κ3) is 6.11. The minimum Gasteiger partial charge on any atom is -0.315 e. The number of carbonyl (C=O) groups excluding carboxylic acids is 2. The van der Waals surface area contributed by atoms with E-state index in [1.54, 1.807) is 25.1 Å². The number of urea groups is 1. The number of benzene rings is 2. The van der Waals surface area contributed by atoms with E-state index in [0.717, 1.165) is 11.8 Å². The van der Waals surface area contributed by atoms with Gasteiger partial charge in [0.05, 0.1) is 16.4 Å². The summed E-state index contributed by atoms with van der Waals surface area (Å²) in [5, 5.41) is 9.85. The van der Waals surface area contributed by atoms with Crippen LogP contribution in [0.3, 0.4) is 0 Å². The Morgan fingerprint density at radius 2 is 1.74 bits per heavy atom. The molecule has 3 aromatic rings. The van der Waals surface area contributed by atoms with Crippen LogP contribution in [0.25, 0.3) is 5.69 Å². The van der Waals surface area contributed by atoms with Crippen LogP contribution >= 0.6 is 11.6 Å². The van der Waals surface area contributed by atoms with Crippen molar-refractivity contribution in [2.75, 3.05) is 23.7 Å². The average molecular weight is 490 g/mol. The van der Waals surface area contributed by atoms with Crippen LogP contribution in [-0.4, -0.2) is 39.7 Å². The van der Waals surface area contributed by atoms with Gasteiger partial charge in [0.2, 0.25) is 5.91 Å². The van der Waals surface area contributed by atoms with E-state index in [-0.39, 0.29) is 29.3 Å². The molecule has 0 aliphatic rings. The van der Waals surface area contributed by atoms with Crippen molar-refractivity contribution in [2.45, 2.75) is 33.1 Å². The number of rotatable bonds is 6. The molecule has 1 aromatic heterocycles. The molecule has 34 heavy (non-hydrogen) atoms. The van der Waals surface area contributed by atoms with Gasteiger partial charge in [0, 0.05) is 23.7 Å². The number of nitrogens with one attached hydrogen (secondary N) is 2. The van der Waals surface area contributed by atoms with Gasteiger partial charge in [-0.3, -0.25) is 4.79 Å². The maximum atomic E-state index is 13.4. The second-order valence-corrected chi connectivity index (χ2v) is 9.08. The quantitative estimate of drug-likeness (QED) is 0.473. The first-order valence-electron chi connectivity index (χ1n) is 10.6. The molecule has 3 amide bonds. The first-order valence-corrected chi connectivity index (χ1v) is 11.0. The van der Waals surface area contributed by atoms with Gasteiger partial charge in [0.25, 0.3) is 0 Å². The molecule has 0 fully saturated rings. The van der Waals surface area contributed by atoms with Crippen molar-refractivity contribution in [1.82, 2.24) is 14.7 Å². The van der Waals surface area contributed by atoms with Gasteiger partial charge in [0.15, 0.2) is 0 Å². The summed E-state index contributed by atoms with van der Waals surface area (Å²) in [7, 11) is 0. The number of carbonyl (C=O) groups is 2. The van der Waals surface area contributed by atoms with Crippen LogP contribution < -0.4 is 10.6 Å². The Balaban J connectivity index is 1.76. The minimum atomic E-state index is -0.598. The van der Waals surface area contributed by atoms with Gasteiger partial charge >= 0.3 is 6.03 Å². The molecule has 0 spiro atoms. The molecule has 0 radical (unpaired) electrons. The fourth-order valence-corrected chi connectivity index (χ4v) is 3.26. The predicted molar refractivity (Wildman–Crippen MR) is 129 cm³/mol. The third-order valence-corrected chi connectivity index (χ3v) is 5.28. The Bertz CT molecular complexity index is 1190. The summed E-state index contributed by atoms with van der Waals surface area (Å²) in [5.41, 5.74) is 1.31. The van der Waals surface area contributed by atoms with Crippen molar-refractivity contribution in [3.63, 3.8) is 0 Å². The van der Waals surface area contributed by atoms with Crippen LogP contribution in [0, 0.1) is 11.6 Å². The number of hydrogen-bond donors (Lipinski definition) is 2. The van der Waals surface area contributed by atoms with Crippen LogP contribution in [0.5, 0.6) is 0 Å². The fourth-order valence-electron chi connectivity index (χ4n) is 3.08. The van der Waals surface area contributed by atoms with Gasteiger partial charge in [-0.2, -0.15) is 5.10 Å². The monoisotopic (exact) mass is 489 g/mol. The molecule has 180 valence electrons. The second-order valence-electron chi connectivity index (χ2n) is 8.67. The topological polar surface area (TPSA) is 79.3 Å². The molecule has 0 atom stereocenters. The van der Waals surface area contributed by atoms with E-state index in [1.807, 2.05) is 20.8 Å². The van der Waals surface area contributed by atoms with Crippen LogP contribution in [0.15, 0.2) is 48.5 Å². The lowest BCUT2D eigenvalue weighted by Crippen LogP contribution is -2.40. The summed E-state index contributed by atoms with van der Waals surface area (Å²) in [6, 6.07) is 10.8. The second kappa shape index (κ2) is 10.2. The highest BCUT2D eigenvalue weighted by molar-refractivity contribution is 6.31. The highest BCUT2D eigenvalue weighted by Crippen LogP contribution is 2.26. The number of likely N-dealkylation sites (N-methyl/N-ethyl adjacent to an activating group) is 1. The summed E-state index contributed by atoms with van der Waals surface area (Å²) >= 11 is 5.76. The number of anilines is 2. The minimum absolute atomic E-state index is 0.123. The Morgan fingerprint density at radius 3 is 2.32 bits per heavy atom. The molecule has 1 heterocycles. The van der Waals surface area contributed by atoms with Crippen LogP contribution in [0.1, 0.15) is 33.4 Å². The van der Waals surface area contributed by atoms with Crippen molar-refractivity contribution in [1.29, 1.82) is 0 Å². The van der Waals surface area contributed by atoms with Crippen LogP contribution in [0.4, 0.5) is 25.1 Å². The summed E-state index contributed by atoms with van der Waals surface area (Å²) in [6.07, 6.45) is 0. The number of amides is 3. The van der Waals surface area contributed by atoms with Gasteiger partial charge in [-0.25, -0.2) is 18.3 Å². The molecule has 0 saturated carbocycles. The van der Waals surface area contributed by atoms with Crippen molar-refractivity contribution >= 4 is 35.0 Å². The zero-order valence-electron chi connectivity index (χ0n) is 19.3. The van der Waals surface area contributed by atoms with E-state index < -0.39 is 17.8 Å². The lowest BCUT2D eigenvalue weighted by molar-refractivity contribution is -0.116. The van der Waals surface area contributed by atoms with E-state index in [4.69, 9.17) is 11.6 Å². The van der Waals surface area contributed by atoms with E-state index in [2.05, 4.69) is 15.7 Å². The normalized spacial score (nSPS) is 11.3.